The van der Waals surface area contributed by atoms with Crippen molar-refractivity contribution in [2.45, 2.75) is 12.6 Å². The Kier molecular flexibility index (Phi) is 6.30. The highest BCUT2D eigenvalue weighted by atomic mass is 32.2. The van der Waals surface area contributed by atoms with Crippen LogP contribution < -0.4 is 10.1 Å². The van der Waals surface area contributed by atoms with Crippen LogP contribution in [0.4, 0.5) is 0 Å². The Morgan fingerprint density at radius 3 is 2.76 bits per heavy atom. The minimum Gasteiger partial charge on any atom is -0.481 e. The molecular weight excluding hydrogens is 334 g/mol. The van der Waals surface area contributed by atoms with Crippen LogP contribution in [0.25, 0.3) is 0 Å². The second-order valence-electron chi connectivity index (χ2n) is 5.89. The van der Waals surface area contributed by atoms with E-state index in [9.17, 15) is 4.79 Å². The topological polar surface area (TPSA) is 54.5 Å². The molecule has 0 aliphatic carbocycles. The monoisotopic (exact) mass is 357 g/mol. The molecule has 1 unspecified atom stereocenters. The van der Waals surface area contributed by atoms with Crippen LogP contribution in [0.5, 0.6) is 5.88 Å². The molecule has 3 rings (SSSR count). The number of ether oxygens (including phenoxy) is 1. The highest BCUT2D eigenvalue weighted by Crippen LogP contribution is 2.24. The van der Waals surface area contributed by atoms with Gasteiger partial charge in [-0.1, -0.05) is 30.3 Å². The number of aromatic nitrogens is 1. The van der Waals surface area contributed by atoms with Crippen molar-refractivity contribution in [3.05, 3.63) is 59.8 Å². The molecule has 1 aliphatic rings. The van der Waals surface area contributed by atoms with Crippen molar-refractivity contribution in [3.63, 3.8) is 0 Å². The first-order valence-electron chi connectivity index (χ1n) is 8.41. The zero-order valence-corrected chi connectivity index (χ0v) is 15.2. The highest BCUT2D eigenvalue weighted by Gasteiger charge is 2.28. The van der Waals surface area contributed by atoms with Crippen LogP contribution in [0.15, 0.2) is 48.7 Å². The van der Waals surface area contributed by atoms with E-state index < -0.39 is 0 Å². The van der Waals surface area contributed by atoms with E-state index in [-0.39, 0.29) is 11.9 Å². The maximum absolute atomic E-state index is 13.0. The fourth-order valence-electron chi connectivity index (χ4n) is 2.96. The van der Waals surface area contributed by atoms with Gasteiger partial charge in [0.15, 0.2) is 0 Å². The lowest BCUT2D eigenvalue weighted by molar-refractivity contribution is -0.126. The van der Waals surface area contributed by atoms with E-state index in [1.165, 1.54) is 0 Å². The van der Waals surface area contributed by atoms with Crippen LogP contribution in [-0.2, 0) is 11.3 Å². The Balaban J connectivity index is 1.72. The van der Waals surface area contributed by atoms with Gasteiger partial charge in [0.25, 0.3) is 0 Å². The summed E-state index contributed by atoms with van der Waals surface area (Å²) >= 11 is 1.94. The summed E-state index contributed by atoms with van der Waals surface area (Å²) < 4.78 is 5.14. The van der Waals surface area contributed by atoms with Gasteiger partial charge in [-0.3, -0.25) is 9.69 Å². The van der Waals surface area contributed by atoms with Crippen LogP contribution in [0.1, 0.15) is 17.2 Å². The second kappa shape index (κ2) is 8.87. The average molecular weight is 357 g/mol. The number of amides is 1. The van der Waals surface area contributed by atoms with E-state index in [1.54, 1.807) is 13.3 Å². The lowest BCUT2D eigenvalue weighted by Gasteiger charge is -2.33. The van der Waals surface area contributed by atoms with Crippen molar-refractivity contribution in [3.8, 4) is 5.88 Å². The number of benzene rings is 1. The van der Waals surface area contributed by atoms with Gasteiger partial charge in [-0.05, 0) is 17.2 Å². The number of carbonyl (C=O) groups is 1. The number of nitrogens with zero attached hydrogens (tertiary/aromatic N) is 2. The number of hydrogen-bond donors (Lipinski definition) is 1. The molecule has 2 heterocycles. The van der Waals surface area contributed by atoms with Gasteiger partial charge in [0.2, 0.25) is 11.8 Å². The van der Waals surface area contributed by atoms with E-state index in [1.807, 2.05) is 54.2 Å². The molecule has 25 heavy (non-hydrogen) atoms. The predicted molar refractivity (Wildman–Crippen MR) is 101 cm³/mol. The second-order valence-corrected chi connectivity index (χ2v) is 7.11. The molecular formula is C19H23N3O2S. The Morgan fingerprint density at radius 1 is 1.28 bits per heavy atom. The van der Waals surface area contributed by atoms with Crippen molar-refractivity contribution < 1.29 is 9.53 Å². The number of pyridine rings is 1. The molecule has 0 saturated carbocycles. The minimum atomic E-state index is -0.245. The maximum Gasteiger partial charge on any atom is 0.242 e. The van der Waals surface area contributed by atoms with Crippen LogP contribution in [0.2, 0.25) is 0 Å². The predicted octanol–water partition coefficient (Wildman–Crippen LogP) is 2.50. The Labute approximate surface area is 152 Å². The molecule has 0 bridgehead atoms. The van der Waals surface area contributed by atoms with E-state index in [4.69, 9.17) is 4.74 Å². The van der Waals surface area contributed by atoms with Gasteiger partial charge in [0.05, 0.1) is 7.11 Å². The van der Waals surface area contributed by atoms with Crippen molar-refractivity contribution in [2.24, 2.45) is 0 Å². The van der Waals surface area contributed by atoms with Crippen LogP contribution in [0.3, 0.4) is 0 Å². The zero-order chi connectivity index (χ0) is 17.5. The lowest BCUT2D eigenvalue weighted by atomic mass is 10.0. The first-order chi connectivity index (χ1) is 12.3. The molecule has 2 aromatic rings. The fraction of sp³-hybridized carbons (Fsp3) is 0.368. The van der Waals surface area contributed by atoms with Gasteiger partial charge in [0.1, 0.15) is 6.04 Å². The van der Waals surface area contributed by atoms with Crippen LogP contribution >= 0.6 is 11.8 Å². The average Bonchev–Trinajstić information content (AvgIpc) is 2.68. The summed E-state index contributed by atoms with van der Waals surface area (Å²) in [6.07, 6.45) is 1.69. The number of methoxy groups -OCH3 is 1. The first-order valence-corrected chi connectivity index (χ1v) is 9.57. The molecule has 1 aromatic heterocycles. The van der Waals surface area contributed by atoms with Gasteiger partial charge >= 0.3 is 0 Å². The molecule has 0 radical (unpaired) electrons. The number of hydrogen-bond acceptors (Lipinski definition) is 5. The molecule has 1 N–H and O–H groups in total. The van der Waals surface area contributed by atoms with E-state index in [0.717, 1.165) is 35.7 Å². The van der Waals surface area contributed by atoms with Crippen molar-refractivity contribution >= 4 is 17.7 Å². The molecule has 1 amide bonds. The fourth-order valence-corrected chi connectivity index (χ4v) is 3.89. The number of nitrogens with one attached hydrogen (secondary N) is 1. The van der Waals surface area contributed by atoms with E-state index >= 15 is 0 Å². The van der Waals surface area contributed by atoms with E-state index in [0.29, 0.717) is 12.4 Å². The Bertz CT molecular complexity index is 690. The molecule has 1 atom stereocenters. The first kappa shape index (κ1) is 17.8. The smallest absolute Gasteiger partial charge is 0.242 e. The zero-order valence-electron chi connectivity index (χ0n) is 14.4. The van der Waals surface area contributed by atoms with Gasteiger partial charge in [-0.25, -0.2) is 4.98 Å². The summed E-state index contributed by atoms with van der Waals surface area (Å²) in [5.74, 6) is 2.73. The van der Waals surface area contributed by atoms with Gasteiger partial charge in [0, 0.05) is 43.4 Å². The van der Waals surface area contributed by atoms with Gasteiger partial charge in [-0.15, -0.1) is 0 Å². The summed E-state index contributed by atoms with van der Waals surface area (Å²) in [5, 5.41) is 3.08. The number of rotatable bonds is 6. The van der Waals surface area contributed by atoms with Crippen molar-refractivity contribution in [1.82, 2.24) is 15.2 Å². The summed E-state index contributed by atoms with van der Waals surface area (Å²) in [7, 11) is 1.59. The Morgan fingerprint density at radius 2 is 2.04 bits per heavy atom. The normalized spacial score (nSPS) is 16.2. The molecule has 5 nitrogen and oxygen atoms in total. The highest BCUT2D eigenvalue weighted by molar-refractivity contribution is 7.99. The molecule has 0 spiro atoms. The molecule has 132 valence electrons. The third-order valence-electron chi connectivity index (χ3n) is 4.25. The van der Waals surface area contributed by atoms with Crippen LogP contribution in [-0.4, -0.2) is 47.5 Å². The van der Waals surface area contributed by atoms with Crippen LogP contribution in [0, 0.1) is 0 Å². The summed E-state index contributed by atoms with van der Waals surface area (Å²) in [5.41, 5.74) is 2.01. The summed E-state index contributed by atoms with van der Waals surface area (Å²) in [6, 6.07) is 13.5. The lowest BCUT2D eigenvalue weighted by Crippen LogP contribution is -2.44. The summed E-state index contributed by atoms with van der Waals surface area (Å²) in [4.78, 5) is 19.3. The quantitative estimate of drug-likeness (QED) is 0.861. The third-order valence-corrected chi connectivity index (χ3v) is 5.19. The van der Waals surface area contributed by atoms with E-state index in [2.05, 4.69) is 15.2 Å². The maximum atomic E-state index is 13.0. The minimum absolute atomic E-state index is 0.0360. The summed E-state index contributed by atoms with van der Waals surface area (Å²) in [6.45, 7) is 2.32. The molecule has 1 fully saturated rings. The molecule has 6 heteroatoms. The van der Waals surface area contributed by atoms with Crippen molar-refractivity contribution in [1.29, 1.82) is 0 Å². The molecule has 1 saturated heterocycles. The SMILES string of the molecule is COc1cc(CNC(=O)C(c2ccccc2)N2CCSCC2)ccn1. The largest absolute Gasteiger partial charge is 0.481 e. The standard InChI is InChI=1S/C19H23N3O2S/c1-24-17-13-15(7-8-20-17)14-21-19(23)18(16-5-3-2-4-6-16)22-9-11-25-12-10-22/h2-8,13,18H,9-12,14H2,1H3,(H,21,23). The van der Waals surface area contributed by atoms with Gasteiger partial charge < -0.3 is 10.1 Å². The number of carbonyl (C=O) groups excluding carboxylic acids is 1. The van der Waals surface area contributed by atoms with Crippen molar-refractivity contribution in [2.75, 3.05) is 31.7 Å². The third kappa shape index (κ3) is 4.74. The Hall–Kier alpha value is -2.05. The van der Waals surface area contributed by atoms with Gasteiger partial charge in [-0.2, -0.15) is 11.8 Å². The molecule has 1 aromatic carbocycles. The molecule has 1 aliphatic heterocycles. The number of thioether (sulfide) groups is 1.